The van der Waals surface area contributed by atoms with Gasteiger partial charge in [0.1, 0.15) is 0 Å². The maximum absolute atomic E-state index is 12.5. The third-order valence-corrected chi connectivity index (χ3v) is 4.15. The summed E-state index contributed by atoms with van der Waals surface area (Å²) in [5.74, 6) is -0.951. The van der Waals surface area contributed by atoms with Crippen LogP contribution in [0.5, 0.6) is 0 Å². The lowest BCUT2D eigenvalue weighted by Gasteiger charge is -2.16. The van der Waals surface area contributed by atoms with E-state index in [9.17, 15) is 14.4 Å². The van der Waals surface area contributed by atoms with E-state index in [4.69, 9.17) is 0 Å². The molecular weight excluding hydrogens is 304 g/mol. The minimum Gasteiger partial charge on any atom is -0.350 e. The fourth-order valence-corrected chi connectivity index (χ4v) is 2.62. The average Bonchev–Trinajstić information content (AvgIpc) is 2.86. The Morgan fingerprint density at radius 2 is 1.67 bits per heavy atom. The lowest BCUT2D eigenvalue weighted by atomic mass is 10.1. The smallest absolute Gasteiger partial charge is 0.266 e. The van der Waals surface area contributed by atoms with Crippen LogP contribution in [-0.4, -0.2) is 23.8 Å². The van der Waals surface area contributed by atoms with Gasteiger partial charge >= 0.3 is 0 Å². The molecule has 2 aromatic rings. The van der Waals surface area contributed by atoms with E-state index in [0.717, 1.165) is 11.3 Å². The highest BCUT2D eigenvalue weighted by molar-refractivity contribution is 6.34. The molecule has 0 fully saturated rings. The standard InChI is InChI=1S/C19H18N2O3/c1-3-12(2)20-17(22)13-7-6-8-14(11-13)21-18(23)15-9-4-5-10-16(15)19(21)24/h4-12H,3H2,1-2H3,(H,20,22). The summed E-state index contributed by atoms with van der Waals surface area (Å²) in [5.41, 5.74) is 1.59. The third kappa shape index (κ3) is 2.69. The first-order valence-corrected chi connectivity index (χ1v) is 7.91. The van der Waals surface area contributed by atoms with Gasteiger partial charge in [-0.25, -0.2) is 4.90 Å². The number of carbonyl (C=O) groups is 3. The van der Waals surface area contributed by atoms with E-state index in [1.54, 1.807) is 48.5 Å². The van der Waals surface area contributed by atoms with Gasteiger partial charge in [-0.05, 0) is 43.7 Å². The molecule has 0 spiro atoms. The van der Waals surface area contributed by atoms with Gasteiger partial charge in [0.05, 0.1) is 16.8 Å². The molecule has 5 heteroatoms. The Bertz CT molecular complexity index is 794. The molecule has 0 aliphatic carbocycles. The van der Waals surface area contributed by atoms with Crippen molar-refractivity contribution in [1.82, 2.24) is 5.32 Å². The van der Waals surface area contributed by atoms with E-state index in [0.29, 0.717) is 22.4 Å². The summed E-state index contributed by atoms with van der Waals surface area (Å²) < 4.78 is 0. The van der Waals surface area contributed by atoms with Gasteiger partial charge < -0.3 is 5.32 Å². The van der Waals surface area contributed by atoms with Crippen molar-refractivity contribution in [2.75, 3.05) is 4.90 Å². The van der Waals surface area contributed by atoms with Crippen LogP contribution in [0, 0.1) is 0 Å². The lowest BCUT2D eigenvalue weighted by molar-refractivity contribution is 0.0916. The average molecular weight is 322 g/mol. The lowest BCUT2D eigenvalue weighted by Crippen LogP contribution is -2.33. The van der Waals surface area contributed by atoms with Crippen molar-refractivity contribution in [3.63, 3.8) is 0 Å². The maximum Gasteiger partial charge on any atom is 0.266 e. The summed E-state index contributed by atoms with van der Waals surface area (Å²) in [6, 6.07) is 13.3. The number of fused-ring (bicyclic) bond motifs is 1. The molecule has 3 amide bonds. The Labute approximate surface area is 140 Å². The van der Waals surface area contributed by atoms with Crippen LogP contribution in [0.15, 0.2) is 48.5 Å². The zero-order valence-corrected chi connectivity index (χ0v) is 13.6. The van der Waals surface area contributed by atoms with Crippen LogP contribution >= 0.6 is 0 Å². The van der Waals surface area contributed by atoms with Gasteiger partial charge in [0, 0.05) is 11.6 Å². The molecule has 1 unspecified atom stereocenters. The van der Waals surface area contributed by atoms with E-state index in [1.807, 2.05) is 13.8 Å². The predicted octanol–water partition coefficient (Wildman–Crippen LogP) is 3.02. The molecular formula is C19H18N2O3. The summed E-state index contributed by atoms with van der Waals surface area (Å²) in [4.78, 5) is 38.4. The molecule has 0 saturated carbocycles. The highest BCUT2D eigenvalue weighted by Crippen LogP contribution is 2.28. The minimum absolute atomic E-state index is 0.0560. The predicted molar refractivity (Wildman–Crippen MR) is 91.2 cm³/mol. The zero-order chi connectivity index (χ0) is 17.3. The number of hydrogen-bond acceptors (Lipinski definition) is 3. The second-order valence-electron chi connectivity index (χ2n) is 5.82. The van der Waals surface area contributed by atoms with E-state index in [2.05, 4.69) is 5.32 Å². The van der Waals surface area contributed by atoms with Crippen molar-refractivity contribution >= 4 is 23.4 Å². The van der Waals surface area contributed by atoms with Crippen LogP contribution in [0.4, 0.5) is 5.69 Å². The number of amides is 3. The molecule has 2 aromatic carbocycles. The first-order valence-electron chi connectivity index (χ1n) is 7.91. The quantitative estimate of drug-likeness (QED) is 0.880. The number of imide groups is 1. The van der Waals surface area contributed by atoms with Gasteiger partial charge in [0.2, 0.25) is 0 Å². The van der Waals surface area contributed by atoms with E-state index in [-0.39, 0.29) is 23.8 Å². The Kier molecular flexibility index (Phi) is 4.16. The monoisotopic (exact) mass is 322 g/mol. The molecule has 0 aromatic heterocycles. The van der Waals surface area contributed by atoms with Gasteiger partial charge in [0.25, 0.3) is 17.7 Å². The molecule has 1 N–H and O–H groups in total. The molecule has 0 bridgehead atoms. The number of carbonyl (C=O) groups excluding carboxylic acids is 3. The van der Waals surface area contributed by atoms with Crippen molar-refractivity contribution in [1.29, 1.82) is 0 Å². The third-order valence-electron chi connectivity index (χ3n) is 4.15. The first kappa shape index (κ1) is 15.9. The summed E-state index contributed by atoms with van der Waals surface area (Å²) in [6.07, 6.45) is 0.823. The highest BCUT2D eigenvalue weighted by atomic mass is 16.2. The maximum atomic E-state index is 12.5. The molecule has 5 nitrogen and oxygen atoms in total. The van der Waals surface area contributed by atoms with Crippen LogP contribution in [0.2, 0.25) is 0 Å². The second-order valence-corrected chi connectivity index (χ2v) is 5.82. The molecule has 0 saturated heterocycles. The van der Waals surface area contributed by atoms with Crippen molar-refractivity contribution < 1.29 is 14.4 Å². The number of nitrogens with one attached hydrogen (secondary N) is 1. The topological polar surface area (TPSA) is 66.5 Å². The molecule has 122 valence electrons. The molecule has 1 atom stereocenters. The fraction of sp³-hybridized carbons (Fsp3) is 0.211. The van der Waals surface area contributed by atoms with Gasteiger partial charge in [-0.3, -0.25) is 14.4 Å². The van der Waals surface area contributed by atoms with Gasteiger partial charge in [-0.1, -0.05) is 25.1 Å². The van der Waals surface area contributed by atoms with E-state index < -0.39 is 0 Å². The Morgan fingerprint density at radius 3 is 2.25 bits per heavy atom. The molecule has 24 heavy (non-hydrogen) atoms. The van der Waals surface area contributed by atoms with Crippen LogP contribution in [0.25, 0.3) is 0 Å². The second kappa shape index (κ2) is 6.28. The van der Waals surface area contributed by atoms with Gasteiger partial charge in [-0.15, -0.1) is 0 Å². The van der Waals surface area contributed by atoms with Gasteiger partial charge in [0.15, 0.2) is 0 Å². The number of rotatable bonds is 4. The number of hydrogen-bond donors (Lipinski definition) is 1. The fourth-order valence-electron chi connectivity index (χ4n) is 2.62. The van der Waals surface area contributed by atoms with Crippen LogP contribution in [0.1, 0.15) is 51.3 Å². The number of nitrogens with zero attached hydrogens (tertiary/aromatic N) is 1. The Hall–Kier alpha value is -2.95. The normalized spacial score (nSPS) is 14.5. The van der Waals surface area contributed by atoms with E-state index >= 15 is 0 Å². The van der Waals surface area contributed by atoms with Crippen molar-refractivity contribution in [2.45, 2.75) is 26.3 Å². The van der Waals surface area contributed by atoms with E-state index in [1.165, 1.54) is 0 Å². The zero-order valence-electron chi connectivity index (χ0n) is 13.6. The highest BCUT2D eigenvalue weighted by Gasteiger charge is 2.36. The van der Waals surface area contributed by atoms with Crippen molar-refractivity contribution in [2.24, 2.45) is 0 Å². The Balaban J connectivity index is 1.92. The van der Waals surface area contributed by atoms with Crippen molar-refractivity contribution in [3.05, 3.63) is 65.2 Å². The molecule has 1 aliphatic heterocycles. The molecule has 1 heterocycles. The minimum atomic E-state index is -0.366. The molecule has 1 aliphatic rings. The van der Waals surface area contributed by atoms with Crippen LogP contribution in [-0.2, 0) is 0 Å². The molecule has 0 radical (unpaired) electrons. The van der Waals surface area contributed by atoms with Crippen LogP contribution < -0.4 is 10.2 Å². The SMILES string of the molecule is CCC(C)NC(=O)c1cccc(N2C(=O)c3ccccc3C2=O)c1. The van der Waals surface area contributed by atoms with Gasteiger partial charge in [-0.2, -0.15) is 0 Å². The summed E-state index contributed by atoms with van der Waals surface area (Å²) >= 11 is 0. The first-order chi connectivity index (χ1) is 11.5. The molecule has 3 rings (SSSR count). The largest absolute Gasteiger partial charge is 0.350 e. The summed E-state index contributed by atoms with van der Waals surface area (Å²) in [7, 11) is 0. The van der Waals surface area contributed by atoms with Crippen LogP contribution in [0.3, 0.4) is 0 Å². The Morgan fingerprint density at radius 1 is 1.04 bits per heavy atom. The summed E-state index contributed by atoms with van der Waals surface area (Å²) in [5, 5.41) is 2.88. The van der Waals surface area contributed by atoms with Crippen molar-refractivity contribution in [3.8, 4) is 0 Å². The summed E-state index contributed by atoms with van der Waals surface area (Å²) in [6.45, 7) is 3.91. The number of benzene rings is 2. The number of anilines is 1.